The van der Waals surface area contributed by atoms with Crippen LogP contribution in [0.5, 0.6) is 0 Å². The zero-order valence-electron chi connectivity index (χ0n) is 13.4. The van der Waals surface area contributed by atoms with Crippen LogP contribution in [-0.4, -0.2) is 36.3 Å². The summed E-state index contributed by atoms with van der Waals surface area (Å²) < 4.78 is 5.04. The number of nitrogens with zero attached hydrogens (tertiary/aromatic N) is 1. The van der Waals surface area contributed by atoms with Gasteiger partial charge < -0.3 is 14.9 Å². The SMILES string of the molecule is CCOC(=O)C1(CC)CC(CNC(=O)c2cc(Cl)ccc2Cl)=NO1. The molecule has 0 fully saturated rings. The summed E-state index contributed by atoms with van der Waals surface area (Å²) in [5, 5.41) is 7.32. The Hall–Kier alpha value is -1.79. The van der Waals surface area contributed by atoms with Crippen LogP contribution in [0.4, 0.5) is 0 Å². The van der Waals surface area contributed by atoms with E-state index in [1.54, 1.807) is 19.1 Å². The maximum Gasteiger partial charge on any atom is 0.353 e. The van der Waals surface area contributed by atoms with E-state index in [4.69, 9.17) is 32.8 Å². The molecule has 8 heteroatoms. The zero-order valence-corrected chi connectivity index (χ0v) is 14.9. The number of carbonyl (C=O) groups excluding carboxylic acids is 2. The summed E-state index contributed by atoms with van der Waals surface area (Å²) in [6.07, 6.45) is 0.693. The van der Waals surface area contributed by atoms with Gasteiger partial charge in [-0.15, -0.1) is 0 Å². The average Bonchev–Trinajstić information content (AvgIpc) is 3.00. The standard InChI is InChI=1S/C16H18Cl2N2O4/c1-3-16(15(22)23-4-2)8-11(20-24-16)9-19-14(21)12-7-10(17)5-6-13(12)18/h5-7H,3-4,8-9H2,1-2H3,(H,19,21). The van der Waals surface area contributed by atoms with E-state index in [1.807, 2.05) is 6.92 Å². The summed E-state index contributed by atoms with van der Waals surface area (Å²) in [5.74, 6) is -0.828. The van der Waals surface area contributed by atoms with E-state index in [1.165, 1.54) is 6.07 Å². The first-order valence-electron chi connectivity index (χ1n) is 7.56. The van der Waals surface area contributed by atoms with Crippen molar-refractivity contribution >= 4 is 40.8 Å². The first kappa shape index (κ1) is 18.5. The van der Waals surface area contributed by atoms with Crippen molar-refractivity contribution in [1.29, 1.82) is 0 Å². The molecule has 0 saturated carbocycles. The molecule has 1 atom stereocenters. The third-order valence-electron chi connectivity index (χ3n) is 3.68. The summed E-state index contributed by atoms with van der Waals surface area (Å²) in [6.45, 7) is 3.96. The molecule has 1 unspecified atom stereocenters. The fraction of sp³-hybridized carbons (Fsp3) is 0.438. The molecule has 6 nitrogen and oxygen atoms in total. The van der Waals surface area contributed by atoms with Gasteiger partial charge in [0.25, 0.3) is 5.91 Å². The number of hydrogen-bond acceptors (Lipinski definition) is 5. The normalized spacial score (nSPS) is 19.4. The predicted octanol–water partition coefficient (Wildman–Crippen LogP) is 3.21. The van der Waals surface area contributed by atoms with E-state index in [9.17, 15) is 9.59 Å². The van der Waals surface area contributed by atoms with Crippen LogP contribution in [0.3, 0.4) is 0 Å². The minimum absolute atomic E-state index is 0.142. The van der Waals surface area contributed by atoms with E-state index >= 15 is 0 Å². The van der Waals surface area contributed by atoms with E-state index < -0.39 is 11.6 Å². The van der Waals surface area contributed by atoms with Gasteiger partial charge in [0.15, 0.2) is 0 Å². The number of ether oxygens (including phenoxy) is 1. The summed E-state index contributed by atoms with van der Waals surface area (Å²) in [4.78, 5) is 29.6. The van der Waals surface area contributed by atoms with Crippen molar-refractivity contribution in [2.75, 3.05) is 13.2 Å². The van der Waals surface area contributed by atoms with E-state index in [0.29, 0.717) is 22.2 Å². The number of esters is 1. The minimum atomic E-state index is -1.11. The van der Waals surface area contributed by atoms with Gasteiger partial charge in [0.05, 0.1) is 29.4 Å². The van der Waals surface area contributed by atoms with Crippen LogP contribution in [0, 0.1) is 0 Å². The van der Waals surface area contributed by atoms with Gasteiger partial charge in [0.2, 0.25) is 5.60 Å². The van der Waals surface area contributed by atoms with Crippen molar-refractivity contribution in [2.24, 2.45) is 5.16 Å². The van der Waals surface area contributed by atoms with Crippen molar-refractivity contribution < 1.29 is 19.2 Å². The number of rotatable bonds is 6. The number of halogens is 2. The molecule has 24 heavy (non-hydrogen) atoms. The molecule has 0 aliphatic carbocycles. The summed E-state index contributed by atoms with van der Waals surface area (Å²) in [7, 11) is 0. The van der Waals surface area contributed by atoms with Gasteiger partial charge in [-0.3, -0.25) is 4.79 Å². The Morgan fingerprint density at radius 3 is 2.79 bits per heavy atom. The van der Waals surface area contributed by atoms with E-state index in [0.717, 1.165) is 0 Å². The Labute approximate surface area is 150 Å². The Morgan fingerprint density at radius 2 is 2.12 bits per heavy atom. The van der Waals surface area contributed by atoms with Crippen LogP contribution in [-0.2, 0) is 14.4 Å². The van der Waals surface area contributed by atoms with Crippen molar-refractivity contribution in [1.82, 2.24) is 5.32 Å². The van der Waals surface area contributed by atoms with Crippen molar-refractivity contribution in [2.45, 2.75) is 32.3 Å². The van der Waals surface area contributed by atoms with Crippen LogP contribution >= 0.6 is 23.2 Å². The van der Waals surface area contributed by atoms with E-state index in [-0.39, 0.29) is 31.0 Å². The molecular formula is C16H18Cl2N2O4. The lowest BCUT2D eigenvalue weighted by Crippen LogP contribution is -2.41. The van der Waals surface area contributed by atoms with Gasteiger partial charge >= 0.3 is 5.97 Å². The Bertz CT molecular complexity index is 678. The van der Waals surface area contributed by atoms with E-state index in [2.05, 4.69) is 10.5 Å². The Morgan fingerprint density at radius 1 is 1.38 bits per heavy atom. The van der Waals surface area contributed by atoms with Gasteiger partial charge in [-0.1, -0.05) is 35.3 Å². The third kappa shape index (κ3) is 3.99. The van der Waals surface area contributed by atoms with Gasteiger partial charge in [-0.05, 0) is 31.5 Å². The Kier molecular flexibility index (Phi) is 6.07. The number of nitrogens with one attached hydrogen (secondary N) is 1. The molecule has 130 valence electrons. The van der Waals surface area contributed by atoms with Crippen molar-refractivity contribution in [3.8, 4) is 0 Å². The van der Waals surface area contributed by atoms with Crippen molar-refractivity contribution in [3.05, 3.63) is 33.8 Å². The molecule has 1 heterocycles. The summed E-state index contributed by atoms with van der Waals surface area (Å²) >= 11 is 11.9. The van der Waals surface area contributed by atoms with Crippen LogP contribution in [0.25, 0.3) is 0 Å². The molecule has 1 aliphatic rings. The molecule has 1 aromatic carbocycles. The number of oxime groups is 1. The molecule has 0 spiro atoms. The fourth-order valence-corrected chi connectivity index (χ4v) is 2.67. The first-order chi connectivity index (χ1) is 11.4. The monoisotopic (exact) mass is 372 g/mol. The zero-order chi connectivity index (χ0) is 17.7. The molecule has 0 saturated heterocycles. The fourth-order valence-electron chi connectivity index (χ4n) is 2.30. The van der Waals surface area contributed by atoms with Crippen LogP contribution in [0.15, 0.2) is 23.4 Å². The topological polar surface area (TPSA) is 77.0 Å². The number of hydrogen-bond donors (Lipinski definition) is 1. The van der Waals surface area contributed by atoms with Gasteiger partial charge in [0.1, 0.15) is 0 Å². The molecule has 2 rings (SSSR count). The quantitative estimate of drug-likeness (QED) is 0.777. The maximum atomic E-state index is 12.2. The van der Waals surface area contributed by atoms with Crippen LogP contribution in [0.2, 0.25) is 10.0 Å². The van der Waals surface area contributed by atoms with Gasteiger partial charge in [-0.2, -0.15) is 0 Å². The summed E-state index contributed by atoms with van der Waals surface area (Å²) in [6, 6.07) is 4.64. The molecule has 1 amide bonds. The average molecular weight is 373 g/mol. The second-order valence-corrected chi connectivity index (χ2v) is 6.14. The highest BCUT2D eigenvalue weighted by Gasteiger charge is 2.46. The molecule has 0 radical (unpaired) electrons. The highest BCUT2D eigenvalue weighted by molar-refractivity contribution is 6.35. The number of amides is 1. The molecule has 1 aromatic rings. The molecule has 0 aromatic heterocycles. The largest absolute Gasteiger partial charge is 0.463 e. The number of benzene rings is 1. The first-order valence-corrected chi connectivity index (χ1v) is 8.32. The minimum Gasteiger partial charge on any atom is -0.463 e. The second-order valence-electron chi connectivity index (χ2n) is 5.30. The van der Waals surface area contributed by atoms with Crippen LogP contribution < -0.4 is 5.32 Å². The Balaban J connectivity index is 1.97. The van der Waals surface area contributed by atoms with Gasteiger partial charge in [-0.25, -0.2) is 4.79 Å². The predicted molar refractivity (Wildman–Crippen MR) is 91.6 cm³/mol. The third-order valence-corrected chi connectivity index (χ3v) is 4.25. The van der Waals surface area contributed by atoms with Crippen molar-refractivity contribution in [3.63, 3.8) is 0 Å². The maximum absolute atomic E-state index is 12.2. The summed E-state index contributed by atoms with van der Waals surface area (Å²) in [5.41, 5.74) is -0.281. The highest BCUT2D eigenvalue weighted by Crippen LogP contribution is 2.29. The molecule has 0 bridgehead atoms. The second kappa shape index (κ2) is 7.85. The van der Waals surface area contributed by atoms with Crippen LogP contribution in [0.1, 0.15) is 37.0 Å². The lowest BCUT2D eigenvalue weighted by atomic mass is 9.94. The lowest BCUT2D eigenvalue weighted by molar-refractivity contribution is -0.169. The highest BCUT2D eigenvalue weighted by atomic mass is 35.5. The van der Waals surface area contributed by atoms with Gasteiger partial charge in [0, 0.05) is 11.4 Å². The molecule has 1 aliphatic heterocycles. The smallest absolute Gasteiger partial charge is 0.353 e. The molecule has 1 N–H and O–H groups in total. The molecular weight excluding hydrogens is 355 g/mol. The lowest BCUT2D eigenvalue weighted by Gasteiger charge is -2.22. The number of carbonyl (C=O) groups is 2.